The quantitative estimate of drug-likeness (QED) is 0.650. The molecule has 1 aliphatic heterocycles. The van der Waals surface area contributed by atoms with Crippen LogP contribution in [0.2, 0.25) is 0 Å². The number of benzene rings is 2. The van der Waals surface area contributed by atoms with Crippen LogP contribution in [0.5, 0.6) is 0 Å². The molecule has 2 heterocycles. The van der Waals surface area contributed by atoms with Crippen LogP contribution in [-0.4, -0.2) is 30.4 Å². The maximum Gasteiger partial charge on any atom is 0.133 e. The number of nitrogens with one attached hydrogen (secondary N) is 1. The molecule has 26 heavy (non-hydrogen) atoms. The monoisotopic (exact) mass is 410 g/mol. The molecular formula is C21H23BrN4. The van der Waals surface area contributed by atoms with Gasteiger partial charge in [0.15, 0.2) is 0 Å². The van der Waals surface area contributed by atoms with Gasteiger partial charge in [-0.05, 0) is 59.5 Å². The van der Waals surface area contributed by atoms with Crippen LogP contribution in [0.4, 0.5) is 11.5 Å². The maximum atomic E-state index is 5.02. The molecule has 5 heteroatoms. The molecule has 0 bridgehead atoms. The normalized spacial score (nSPS) is 13.7. The summed E-state index contributed by atoms with van der Waals surface area (Å²) in [4.78, 5) is 2.12. The zero-order chi connectivity index (χ0) is 18.1. The minimum Gasteiger partial charge on any atom is -0.378 e. The molecule has 0 unspecified atom stereocenters. The molecule has 2 aromatic carbocycles. The summed E-state index contributed by atoms with van der Waals surface area (Å²) in [6.45, 7) is 0.988. The molecule has 134 valence electrons. The van der Waals surface area contributed by atoms with E-state index in [0.717, 1.165) is 34.6 Å². The molecule has 0 aliphatic carbocycles. The van der Waals surface area contributed by atoms with E-state index in [1.807, 2.05) is 6.07 Å². The van der Waals surface area contributed by atoms with E-state index in [9.17, 15) is 0 Å². The lowest BCUT2D eigenvalue weighted by molar-refractivity contribution is 0.780. The second kappa shape index (κ2) is 7.16. The van der Waals surface area contributed by atoms with Crippen LogP contribution in [0.1, 0.15) is 18.4 Å². The molecule has 0 saturated carbocycles. The lowest BCUT2D eigenvalue weighted by Crippen LogP contribution is -2.08. The average molecular weight is 411 g/mol. The van der Waals surface area contributed by atoms with Gasteiger partial charge in [-0.3, -0.25) is 0 Å². The third-order valence-corrected chi connectivity index (χ3v) is 5.54. The number of aromatic nitrogens is 2. The van der Waals surface area contributed by atoms with Gasteiger partial charge in [0, 0.05) is 41.9 Å². The highest BCUT2D eigenvalue weighted by Crippen LogP contribution is 2.35. The molecule has 1 N–H and O–H groups in total. The summed E-state index contributed by atoms with van der Waals surface area (Å²) < 4.78 is 3.10. The Morgan fingerprint density at radius 2 is 1.81 bits per heavy atom. The molecule has 0 atom stereocenters. The van der Waals surface area contributed by atoms with Gasteiger partial charge in [0.2, 0.25) is 0 Å². The highest BCUT2D eigenvalue weighted by molar-refractivity contribution is 9.10. The van der Waals surface area contributed by atoms with Gasteiger partial charge < -0.3 is 10.2 Å². The first-order valence-corrected chi connectivity index (χ1v) is 9.83. The zero-order valence-corrected chi connectivity index (χ0v) is 16.8. The molecule has 1 aromatic heterocycles. The number of halogens is 1. The predicted octanol–water partition coefficient (Wildman–Crippen LogP) is 5.12. The molecule has 0 amide bonds. The molecule has 0 saturated heterocycles. The lowest BCUT2D eigenvalue weighted by atomic mass is 10.0. The van der Waals surface area contributed by atoms with Crippen molar-refractivity contribution in [1.29, 1.82) is 0 Å². The van der Waals surface area contributed by atoms with Crippen LogP contribution < -0.4 is 10.2 Å². The fraction of sp³-hybridized carbons (Fsp3) is 0.286. The third kappa shape index (κ3) is 3.12. The first-order chi connectivity index (χ1) is 12.6. The molecular weight excluding hydrogens is 388 g/mol. The van der Waals surface area contributed by atoms with Gasteiger partial charge in [-0.2, -0.15) is 5.10 Å². The average Bonchev–Trinajstić information content (AvgIpc) is 2.83. The largest absolute Gasteiger partial charge is 0.378 e. The Kier molecular flexibility index (Phi) is 4.72. The SMILES string of the molecule is CN(C)c1ccc(-c2nn(-c3ccccc3Br)c3c2CCCCN3)cc1. The fourth-order valence-corrected chi connectivity index (χ4v) is 3.90. The summed E-state index contributed by atoms with van der Waals surface area (Å²) in [5, 5.41) is 8.63. The van der Waals surface area contributed by atoms with Crippen LogP contribution in [0, 0.1) is 0 Å². The van der Waals surface area contributed by atoms with Crippen molar-refractivity contribution in [1.82, 2.24) is 9.78 Å². The summed E-state index contributed by atoms with van der Waals surface area (Å²) in [6.07, 6.45) is 3.42. The highest BCUT2D eigenvalue weighted by Gasteiger charge is 2.22. The van der Waals surface area contributed by atoms with Crippen molar-refractivity contribution in [3.05, 3.63) is 58.6 Å². The van der Waals surface area contributed by atoms with E-state index in [1.165, 1.54) is 29.7 Å². The zero-order valence-electron chi connectivity index (χ0n) is 15.2. The number of hydrogen-bond acceptors (Lipinski definition) is 3. The minimum atomic E-state index is 0.988. The Bertz CT molecular complexity index is 912. The number of rotatable bonds is 3. The van der Waals surface area contributed by atoms with Crippen molar-refractivity contribution < 1.29 is 0 Å². The number of fused-ring (bicyclic) bond motifs is 1. The summed E-state index contributed by atoms with van der Waals surface area (Å²) in [6, 6.07) is 16.9. The van der Waals surface area contributed by atoms with Crippen LogP contribution in [0.3, 0.4) is 0 Å². The molecule has 0 spiro atoms. The van der Waals surface area contributed by atoms with Crippen molar-refractivity contribution in [2.75, 3.05) is 30.9 Å². The van der Waals surface area contributed by atoms with Crippen LogP contribution >= 0.6 is 15.9 Å². The third-order valence-electron chi connectivity index (χ3n) is 4.87. The second-order valence-electron chi connectivity index (χ2n) is 6.86. The van der Waals surface area contributed by atoms with E-state index in [0.29, 0.717) is 0 Å². The summed E-state index contributed by atoms with van der Waals surface area (Å²) in [7, 11) is 4.12. The highest BCUT2D eigenvalue weighted by atomic mass is 79.9. The van der Waals surface area contributed by atoms with Crippen LogP contribution in [0.15, 0.2) is 53.0 Å². The van der Waals surface area contributed by atoms with Gasteiger partial charge >= 0.3 is 0 Å². The van der Waals surface area contributed by atoms with Gasteiger partial charge in [0.1, 0.15) is 5.82 Å². The number of hydrogen-bond donors (Lipinski definition) is 1. The molecule has 4 nitrogen and oxygen atoms in total. The summed E-state index contributed by atoms with van der Waals surface area (Å²) in [5.41, 5.74) is 5.82. The number of nitrogens with zero attached hydrogens (tertiary/aromatic N) is 3. The molecule has 0 radical (unpaired) electrons. The van der Waals surface area contributed by atoms with Crippen molar-refractivity contribution in [3.63, 3.8) is 0 Å². The van der Waals surface area contributed by atoms with E-state index >= 15 is 0 Å². The van der Waals surface area contributed by atoms with E-state index in [4.69, 9.17) is 5.10 Å². The predicted molar refractivity (Wildman–Crippen MR) is 112 cm³/mol. The van der Waals surface area contributed by atoms with E-state index < -0.39 is 0 Å². The fourth-order valence-electron chi connectivity index (χ4n) is 3.45. The summed E-state index contributed by atoms with van der Waals surface area (Å²) in [5.74, 6) is 1.13. The Morgan fingerprint density at radius 1 is 1.04 bits per heavy atom. The smallest absolute Gasteiger partial charge is 0.133 e. The van der Waals surface area contributed by atoms with Crippen molar-refractivity contribution in [3.8, 4) is 16.9 Å². The van der Waals surface area contributed by atoms with Gasteiger partial charge in [-0.1, -0.05) is 24.3 Å². The number of para-hydroxylation sites is 1. The first kappa shape index (κ1) is 17.2. The Labute approximate surface area is 163 Å². The van der Waals surface area contributed by atoms with Crippen molar-refractivity contribution in [2.24, 2.45) is 0 Å². The number of anilines is 2. The Balaban J connectivity index is 1.86. The molecule has 4 rings (SSSR count). The van der Waals surface area contributed by atoms with Crippen LogP contribution in [0.25, 0.3) is 16.9 Å². The molecule has 0 fully saturated rings. The maximum absolute atomic E-state index is 5.02. The van der Waals surface area contributed by atoms with Gasteiger partial charge in [0.25, 0.3) is 0 Å². The molecule has 1 aliphatic rings. The van der Waals surface area contributed by atoms with E-state index in [2.05, 4.69) is 87.4 Å². The Morgan fingerprint density at radius 3 is 2.54 bits per heavy atom. The second-order valence-corrected chi connectivity index (χ2v) is 7.72. The van der Waals surface area contributed by atoms with Gasteiger partial charge in [-0.25, -0.2) is 4.68 Å². The summed E-state index contributed by atoms with van der Waals surface area (Å²) >= 11 is 3.68. The standard InChI is InChI=1S/C21H23BrN4/c1-25(2)16-12-10-15(11-13-16)20-17-7-5-6-14-23-21(17)26(24-20)19-9-4-3-8-18(19)22/h3-4,8-13,23H,5-7,14H2,1-2H3. The van der Waals surface area contributed by atoms with Gasteiger partial charge in [0.05, 0.1) is 11.4 Å². The van der Waals surface area contributed by atoms with E-state index in [1.54, 1.807) is 0 Å². The topological polar surface area (TPSA) is 33.1 Å². The lowest BCUT2D eigenvalue weighted by Gasteiger charge is -2.12. The van der Waals surface area contributed by atoms with Crippen molar-refractivity contribution >= 4 is 27.4 Å². The van der Waals surface area contributed by atoms with E-state index in [-0.39, 0.29) is 0 Å². The Hall–Kier alpha value is -2.27. The minimum absolute atomic E-state index is 0.988. The molecule has 3 aromatic rings. The van der Waals surface area contributed by atoms with Crippen molar-refractivity contribution in [2.45, 2.75) is 19.3 Å². The first-order valence-electron chi connectivity index (χ1n) is 9.03. The van der Waals surface area contributed by atoms with Gasteiger partial charge in [-0.15, -0.1) is 0 Å². The van der Waals surface area contributed by atoms with Crippen LogP contribution in [-0.2, 0) is 6.42 Å².